The van der Waals surface area contributed by atoms with Crippen LogP contribution >= 0.6 is 0 Å². The van der Waals surface area contributed by atoms with Crippen LogP contribution in [0.25, 0.3) is 0 Å². The van der Waals surface area contributed by atoms with Crippen LogP contribution in [-0.4, -0.2) is 36.4 Å². The number of hydrogen-bond donors (Lipinski definition) is 2. The van der Waals surface area contributed by atoms with Crippen molar-refractivity contribution in [3.63, 3.8) is 0 Å². The van der Waals surface area contributed by atoms with Crippen molar-refractivity contribution in [3.8, 4) is 0 Å². The van der Waals surface area contributed by atoms with Gasteiger partial charge in [-0.05, 0) is 43.4 Å². The summed E-state index contributed by atoms with van der Waals surface area (Å²) < 4.78 is 26.8. The number of rotatable bonds is 14. The lowest BCUT2D eigenvalue weighted by atomic mass is 10.0. The van der Waals surface area contributed by atoms with Crippen LogP contribution in [0.2, 0.25) is 0 Å². The minimum Gasteiger partial charge on any atom is -0.481 e. The average molecular weight is 440 g/mol. The molecule has 2 rings (SSSR count). The molecule has 1 aliphatic rings. The molecular formula is C23H37NO5S. The van der Waals surface area contributed by atoms with Gasteiger partial charge in [0.1, 0.15) is 0 Å². The van der Waals surface area contributed by atoms with Gasteiger partial charge >= 0.3 is 5.97 Å². The first-order chi connectivity index (χ1) is 14.3. The van der Waals surface area contributed by atoms with Gasteiger partial charge in [-0.25, -0.2) is 8.42 Å². The Bertz CT molecular complexity index is 747. The highest BCUT2D eigenvalue weighted by Gasteiger charge is 2.36. The third-order valence-electron chi connectivity index (χ3n) is 5.88. The molecule has 2 unspecified atom stereocenters. The Morgan fingerprint density at radius 1 is 1.07 bits per heavy atom. The van der Waals surface area contributed by atoms with Crippen LogP contribution in [0.4, 0.5) is 5.69 Å². The summed E-state index contributed by atoms with van der Waals surface area (Å²) in [5.74, 6) is -0.601. The van der Waals surface area contributed by atoms with E-state index in [4.69, 9.17) is 5.11 Å². The van der Waals surface area contributed by atoms with Crippen LogP contribution in [0, 0.1) is 0 Å². The van der Waals surface area contributed by atoms with Gasteiger partial charge in [0.2, 0.25) is 10.0 Å². The molecule has 1 aromatic rings. The van der Waals surface area contributed by atoms with Gasteiger partial charge in [-0.1, -0.05) is 64.0 Å². The highest BCUT2D eigenvalue weighted by Crippen LogP contribution is 2.33. The Morgan fingerprint density at radius 3 is 2.40 bits per heavy atom. The zero-order valence-electron chi connectivity index (χ0n) is 18.1. The Morgan fingerprint density at radius 2 is 1.73 bits per heavy atom. The van der Waals surface area contributed by atoms with Gasteiger partial charge in [0.15, 0.2) is 0 Å². The van der Waals surface area contributed by atoms with E-state index in [0.717, 1.165) is 50.5 Å². The van der Waals surface area contributed by atoms with Crippen molar-refractivity contribution in [2.24, 2.45) is 0 Å². The molecule has 1 aliphatic heterocycles. The van der Waals surface area contributed by atoms with Gasteiger partial charge in [-0.15, -0.1) is 0 Å². The lowest BCUT2D eigenvalue weighted by molar-refractivity contribution is -0.137. The molecule has 1 aromatic carbocycles. The Balaban J connectivity index is 1.91. The summed E-state index contributed by atoms with van der Waals surface area (Å²) in [6, 6.07) is 7.27. The van der Waals surface area contributed by atoms with Crippen LogP contribution in [0.15, 0.2) is 24.3 Å². The SMILES string of the molecule is CCCCCCC(O)c1ccc(N2C(CCCCCCC(=O)O)CCS2(=O)=O)cc1. The second-order valence-electron chi connectivity index (χ2n) is 8.36. The van der Waals surface area contributed by atoms with Crippen molar-refractivity contribution in [1.29, 1.82) is 0 Å². The monoisotopic (exact) mass is 439 g/mol. The van der Waals surface area contributed by atoms with Crippen LogP contribution in [0.1, 0.15) is 95.6 Å². The summed E-state index contributed by atoms with van der Waals surface area (Å²) in [6.07, 6.45) is 9.62. The number of aliphatic hydroxyl groups excluding tert-OH is 1. The van der Waals surface area contributed by atoms with Gasteiger partial charge in [0.05, 0.1) is 17.5 Å². The minimum atomic E-state index is -3.31. The number of carboxylic acids is 1. The fourth-order valence-corrected chi connectivity index (χ4v) is 6.02. The van der Waals surface area contributed by atoms with Crippen molar-refractivity contribution in [3.05, 3.63) is 29.8 Å². The van der Waals surface area contributed by atoms with E-state index in [1.165, 1.54) is 12.8 Å². The van der Waals surface area contributed by atoms with Gasteiger partial charge in [0.25, 0.3) is 0 Å². The molecule has 0 bridgehead atoms. The lowest BCUT2D eigenvalue weighted by Gasteiger charge is -2.26. The van der Waals surface area contributed by atoms with Gasteiger partial charge in [-0.2, -0.15) is 0 Å². The number of nitrogens with zero attached hydrogens (tertiary/aromatic N) is 1. The molecular weight excluding hydrogens is 402 g/mol. The maximum Gasteiger partial charge on any atom is 0.303 e. The van der Waals surface area contributed by atoms with Gasteiger partial charge in [-0.3, -0.25) is 9.10 Å². The highest BCUT2D eigenvalue weighted by molar-refractivity contribution is 7.93. The minimum absolute atomic E-state index is 0.0423. The number of unbranched alkanes of at least 4 members (excludes halogenated alkanes) is 6. The molecule has 2 N–H and O–H groups in total. The maximum absolute atomic E-state index is 12.6. The topological polar surface area (TPSA) is 94.9 Å². The molecule has 0 amide bonds. The zero-order chi connectivity index (χ0) is 22.0. The van der Waals surface area contributed by atoms with Crippen LogP contribution in [-0.2, 0) is 14.8 Å². The molecule has 1 heterocycles. The summed E-state index contributed by atoms with van der Waals surface area (Å²) in [7, 11) is -3.31. The van der Waals surface area contributed by atoms with Crippen LogP contribution in [0.3, 0.4) is 0 Å². The molecule has 0 aromatic heterocycles. The second kappa shape index (κ2) is 12.3. The zero-order valence-corrected chi connectivity index (χ0v) is 18.9. The fraction of sp³-hybridized carbons (Fsp3) is 0.696. The molecule has 30 heavy (non-hydrogen) atoms. The molecule has 2 atom stereocenters. The van der Waals surface area contributed by atoms with Crippen LogP contribution in [0.5, 0.6) is 0 Å². The smallest absolute Gasteiger partial charge is 0.303 e. The third-order valence-corrected chi connectivity index (χ3v) is 7.74. The number of aliphatic hydroxyl groups is 1. The summed E-state index contributed by atoms with van der Waals surface area (Å²) in [4.78, 5) is 10.6. The molecule has 0 spiro atoms. The van der Waals surface area contributed by atoms with E-state index in [1.54, 1.807) is 4.31 Å². The number of carbonyl (C=O) groups is 1. The van der Waals surface area contributed by atoms with E-state index in [-0.39, 0.29) is 18.2 Å². The van der Waals surface area contributed by atoms with Gasteiger partial charge < -0.3 is 10.2 Å². The number of carboxylic acid groups (broad SMARTS) is 1. The third kappa shape index (κ3) is 7.58. The first-order valence-corrected chi connectivity index (χ1v) is 13.0. The summed E-state index contributed by atoms with van der Waals surface area (Å²) in [6.45, 7) is 2.16. The van der Waals surface area contributed by atoms with E-state index in [2.05, 4.69) is 6.92 Å². The van der Waals surface area contributed by atoms with Gasteiger partial charge in [0, 0.05) is 12.5 Å². The maximum atomic E-state index is 12.6. The standard InChI is InChI=1S/C23H37NO5S/c1-2-3-4-8-11-22(25)19-13-15-21(16-14-19)24-20(17-18-30(24,28)29)10-7-5-6-9-12-23(26)27/h13-16,20,22,25H,2-12,17-18H2,1H3,(H,26,27). The highest BCUT2D eigenvalue weighted by atomic mass is 32.2. The van der Waals surface area contributed by atoms with E-state index in [9.17, 15) is 18.3 Å². The predicted molar refractivity (Wildman–Crippen MR) is 120 cm³/mol. The molecule has 6 nitrogen and oxygen atoms in total. The first kappa shape index (κ1) is 24.7. The molecule has 170 valence electrons. The first-order valence-electron chi connectivity index (χ1n) is 11.4. The number of aliphatic carboxylic acids is 1. The van der Waals surface area contributed by atoms with E-state index >= 15 is 0 Å². The fourth-order valence-electron chi connectivity index (χ4n) is 4.14. The summed E-state index contributed by atoms with van der Waals surface area (Å²) in [5.41, 5.74) is 1.51. The van der Waals surface area contributed by atoms with Crippen molar-refractivity contribution < 1.29 is 23.4 Å². The van der Waals surface area contributed by atoms with E-state index in [0.29, 0.717) is 18.5 Å². The largest absolute Gasteiger partial charge is 0.481 e. The van der Waals surface area contributed by atoms with Crippen molar-refractivity contribution >= 4 is 21.7 Å². The Labute approximate surface area is 181 Å². The van der Waals surface area contributed by atoms with Crippen LogP contribution < -0.4 is 4.31 Å². The summed E-state index contributed by atoms with van der Waals surface area (Å²) >= 11 is 0. The molecule has 0 aliphatic carbocycles. The Hall–Kier alpha value is -1.60. The number of benzene rings is 1. The summed E-state index contributed by atoms with van der Waals surface area (Å²) in [5, 5.41) is 19.1. The Kier molecular flexibility index (Phi) is 10.1. The predicted octanol–water partition coefficient (Wildman–Crippen LogP) is 5.02. The van der Waals surface area contributed by atoms with E-state index in [1.807, 2.05) is 24.3 Å². The van der Waals surface area contributed by atoms with Crippen molar-refractivity contribution in [1.82, 2.24) is 0 Å². The number of hydrogen-bond acceptors (Lipinski definition) is 4. The lowest BCUT2D eigenvalue weighted by Crippen LogP contribution is -2.33. The molecule has 1 saturated heterocycles. The molecule has 0 radical (unpaired) electrons. The molecule has 1 fully saturated rings. The van der Waals surface area contributed by atoms with E-state index < -0.39 is 22.1 Å². The molecule has 7 heteroatoms. The van der Waals surface area contributed by atoms with Crippen molar-refractivity contribution in [2.45, 2.75) is 96.1 Å². The average Bonchev–Trinajstić information content (AvgIpc) is 3.01. The van der Waals surface area contributed by atoms with Crippen molar-refractivity contribution in [2.75, 3.05) is 10.1 Å². The number of anilines is 1. The quantitative estimate of drug-likeness (QED) is 0.397. The number of sulfonamides is 1. The second-order valence-corrected chi connectivity index (χ2v) is 10.3. The molecule has 0 saturated carbocycles. The normalized spacial score (nSPS) is 19.1.